The minimum Gasteiger partial charge on any atom is -0.317 e. The Kier molecular flexibility index (Phi) is 6.26. The molecule has 0 heterocycles. The lowest BCUT2D eigenvalue weighted by molar-refractivity contribution is 0.239. The van der Waals surface area contributed by atoms with Crippen LogP contribution in [0.5, 0.6) is 0 Å². The van der Waals surface area contributed by atoms with E-state index in [1.54, 1.807) is 0 Å². The molecular formula is C13H28N2. The first kappa shape index (κ1) is 13.0. The Morgan fingerprint density at radius 3 is 2.53 bits per heavy atom. The number of nitrogens with zero attached hydrogens (tertiary/aromatic N) is 1. The molecule has 0 aromatic carbocycles. The van der Waals surface area contributed by atoms with E-state index < -0.39 is 0 Å². The quantitative estimate of drug-likeness (QED) is 0.653. The van der Waals surface area contributed by atoms with Crippen molar-refractivity contribution in [1.82, 2.24) is 10.2 Å². The number of hydrogen-bond donors (Lipinski definition) is 1. The molecule has 2 nitrogen and oxygen atoms in total. The Morgan fingerprint density at radius 2 is 1.93 bits per heavy atom. The monoisotopic (exact) mass is 212 g/mol. The van der Waals surface area contributed by atoms with Crippen molar-refractivity contribution in [2.24, 2.45) is 0 Å². The van der Waals surface area contributed by atoms with Crippen LogP contribution in [0.2, 0.25) is 0 Å². The fourth-order valence-corrected chi connectivity index (χ4v) is 2.48. The number of hydrogen-bond acceptors (Lipinski definition) is 2. The molecule has 1 aliphatic carbocycles. The third-order valence-electron chi connectivity index (χ3n) is 3.84. The standard InChI is InChI=1S/C13H28N2/c1-12(14-2)8-6-7-11-15(3)13-9-4-5-10-13/h12-14H,4-11H2,1-3H3. The third kappa shape index (κ3) is 4.98. The molecule has 0 radical (unpaired) electrons. The molecule has 0 bridgehead atoms. The van der Waals surface area contributed by atoms with Gasteiger partial charge in [0.1, 0.15) is 0 Å². The van der Waals surface area contributed by atoms with Gasteiger partial charge in [-0.3, -0.25) is 0 Å². The minimum atomic E-state index is 0.682. The van der Waals surface area contributed by atoms with E-state index in [1.165, 1.54) is 51.5 Å². The predicted octanol–water partition coefficient (Wildman–Crippen LogP) is 2.64. The summed E-state index contributed by atoms with van der Waals surface area (Å²) in [6.45, 7) is 3.56. The lowest BCUT2D eigenvalue weighted by Gasteiger charge is -2.24. The van der Waals surface area contributed by atoms with Gasteiger partial charge in [-0.25, -0.2) is 0 Å². The average Bonchev–Trinajstić information content (AvgIpc) is 2.77. The van der Waals surface area contributed by atoms with E-state index in [0.29, 0.717) is 6.04 Å². The summed E-state index contributed by atoms with van der Waals surface area (Å²) in [5.41, 5.74) is 0. The highest BCUT2D eigenvalue weighted by Gasteiger charge is 2.18. The first-order valence-electron chi connectivity index (χ1n) is 6.61. The number of nitrogens with one attached hydrogen (secondary N) is 1. The molecule has 0 aliphatic heterocycles. The molecule has 2 heteroatoms. The highest BCUT2D eigenvalue weighted by Crippen LogP contribution is 2.22. The second kappa shape index (κ2) is 7.24. The molecule has 0 spiro atoms. The molecule has 1 N–H and O–H groups in total. The Labute approximate surface area is 95.4 Å². The van der Waals surface area contributed by atoms with Crippen LogP contribution in [0.15, 0.2) is 0 Å². The molecule has 1 fully saturated rings. The molecule has 1 aliphatic rings. The molecule has 90 valence electrons. The van der Waals surface area contributed by atoms with Gasteiger partial charge in [0.25, 0.3) is 0 Å². The summed E-state index contributed by atoms with van der Waals surface area (Å²) in [5.74, 6) is 0. The van der Waals surface area contributed by atoms with E-state index in [2.05, 4.69) is 31.2 Å². The maximum absolute atomic E-state index is 3.29. The Balaban J connectivity index is 1.99. The molecule has 0 aromatic rings. The van der Waals surface area contributed by atoms with Crippen molar-refractivity contribution in [2.45, 2.75) is 64.0 Å². The summed E-state index contributed by atoms with van der Waals surface area (Å²) in [5, 5.41) is 3.29. The predicted molar refractivity (Wildman–Crippen MR) is 67.3 cm³/mol. The van der Waals surface area contributed by atoms with E-state index >= 15 is 0 Å². The van der Waals surface area contributed by atoms with Crippen LogP contribution in [-0.2, 0) is 0 Å². The summed E-state index contributed by atoms with van der Waals surface area (Å²) in [4.78, 5) is 2.58. The summed E-state index contributed by atoms with van der Waals surface area (Å²) >= 11 is 0. The number of unbranched alkanes of at least 4 members (excludes halogenated alkanes) is 1. The van der Waals surface area contributed by atoms with Crippen molar-refractivity contribution in [3.63, 3.8) is 0 Å². The average molecular weight is 212 g/mol. The molecule has 1 saturated carbocycles. The van der Waals surface area contributed by atoms with Gasteiger partial charge in [-0.15, -0.1) is 0 Å². The van der Waals surface area contributed by atoms with Crippen molar-refractivity contribution < 1.29 is 0 Å². The van der Waals surface area contributed by atoms with Crippen LogP contribution in [0.4, 0.5) is 0 Å². The van der Waals surface area contributed by atoms with Crippen LogP contribution in [-0.4, -0.2) is 37.6 Å². The number of rotatable bonds is 7. The van der Waals surface area contributed by atoms with Crippen molar-refractivity contribution in [1.29, 1.82) is 0 Å². The van der Waals surface area contributed by atoms with Crippen LogP contribution in [0.1, 0.15) is 51.9 Å². The maximum Gasteiger partial charge on any atom is 0.00922 e. The van der Waals surface area contributed by atoms with Crippen molar-refractivity contribution in [2.75, 3.05) is 20.6 Å². The molecule has 0 amide bonds. The van der Waals surface area contributed by atoms with Gasteiger partial charge in [0.15, 0.2) is 0 Å². The molecule has 15 heavy (non-hydrogen) atoms. The SMILES string of the molecule is CNC(C)CCCCN(C)C1CCCC1. The first-order chi connectivity index (χ1) is 7.24. The largest absolute Gasteiger partial charge is 0.317 e. The summed E-state index contributed by atoms with van der Waals surface area (Å²) in [6.07, 6.45) is 9.80. The zero-order valence-electron chi connectivity index (χ0n) is 10.8. The van der Waals surface area contributed by atoms with E-state index in [-0.39, 0.29) is 0 Å². The van der Waals surface area contributed by atoms with Gasteiger partial charge in [-0.2, -0.15) is 0 Å². The minimum absolute atomic E-state index is 0.682. The maximum atomic E-state index is 3.29. The van der Waals surface area contributed by atoms with E-state index in [4.69, 9.17) is 0 Å². The van der Waals surface area contributed by atoms with Gasteiger partial charge >= 0.3 is 0 Å². The summed E-state index contributed by atoms with van der Waals surface area (Å²) in [7, 11) is 4.35. The van der Waals surface area contributed by atoms with Crippen LogP contribution >= 0.6 is 0 Å². The van der Waals surface area contributed by atoms with E-state index in [1.807, 2.05) is 0 Å². The molecule has 1 atom stereocenters. The normalized spacial score (nSPS) is 20.0. The zero-order chi connectivity index (χ0) is 11.1. The van der Waals surface area contributed by atoms with Crippen molar-refractivity contribution in [3.05, 3.63) is 0 Å². The second-order valence-electron chi connectivity index (χ2n) is 5.10. The Bertz CT molecular complexity index is 153. The topological polar surface area (TPSA) is 15.3 Å². The molecular weight excluding hydrogens is 184 g/mol. The van der Waals surface area contributed by atoms with Crippen LogP contribution in [0.3, 0.4) is 0 Å². The van der Waals surface area contributed by atoms with Gasteiger partial charge in [-0.1, -0.05) is 19.3 Å². The highest BCUT2D eigenvalue weighted by molar-refractivity contribution is 4.75. The lowest BCUT2D eigenvalue weighted by atomic mass is 10.1. The van der Waals surface area contributed by atoms with Gasteiger partial charge in [0.2, 0.25) is 0 Å². The fraction of sp³-hybridized carbons (Fsp3) is 1.00. The summed E-state index contributed by atoms with van der Waals surface area (Å²) < 4.78 is 0. The van der Waals surface area contributed by atoms with E-state index in [9.17, 15) is 0 Å². The molecule has 1 rings (SSSR count). The van der Waals surface area contributed by atoms with Crippen molar-refractivity contribution >= 4 is 0 Å². The lowest BCUT2D eigenvalue weighted by Crippen LogP contribution is -2.30. The van der Waals surface area contributed by atoms with Crippen molar-refractivity contribution in [3.8, 4) is 0 Å². The Hall–Kier alpha value is -0.0800. The second-order valence-corrected chi connectivity index (χ2v) is 5.10. The molecule has 0 saturated heterocycles. The van der Waals surface area contributed by atoms with Crippen LogP contribution < -0.4 is 5.32 Å². The van der Waals surface area contributed by atoms with Gasteiger partial charge in [0, 0.05) is 12.1 Å². The van der Waals surface area contributed by atoms with Gasteiger partial charge in [0.05, 0.1) is 0 Å². The Morgan fingerprint density at radius 1 is 1.27 bits per heavy atom. The van der Waals surface area contributed by atoms with Gasteiger partial charge < -0.3 is 10.2 Å². The highest BCUT2D eigenvalue weighted by atomic mass is 15.1. The molecule has 1 unspecified atom stereocenters. The van der Waals surface area contributed by atoms with E-state index in [0.717, 1.165) is 6.04 Å². The zero-order valence-corrected chi connectivity index (χ0v) is 10.8. The summed E-state index contributed by atoms with van der Waals surface area (Å²) in [6, 6.07) is 1.58. The first-order valence-corrected chi connectivity index (χ1v) is 6.61. The smallest absolute Gasteiger partial charge is 0.00922 e. The van der Waals surface area contributed by atoms with Gasteiger partial charge in [-0.05, 0) is 53.2 Å². The molecule has 0 aromatic heterocycles. The third-order valence-corrected chi connectivity index (χ3v) is 3.84. The van der Waals surface area contributed by atoms with Crippen LogP contribution in [0, 0.1) is 0 Å². The van der Waals surface area contributed by atoms with Crippen LogP contribution in [0.25, 0.3) is 0 Å². The fourth-order valence-electron chi connectivity index (χ4n) is 2.48.